The second-order valence-electron chi connectivity index (χ2n) is 9.24. The van der Waals surface area contributed by atoms with Crippen molar-refractivity contribution in [1.29, 1.82) is 0 Å². The van der Waals surface area contributed by atoms with Crippen molar-refractivity contribution in [2.24, 2.45) is 0 Å². The molecule has 1 unspecified atom stereocenters. The first kappa shape index (κ1) is 26.0. The van der Waals surface area contributed by atoms with Gasteiger partial charge in [-0.1, -0.05) is 12.1 Å². The number of nitrogens with zero attached hydrogens (tertiary/aromatic N) is 2. The van der Waals surface area contributed by atoms with Crippen molar-refractivity contribution in [1.82, 2.24) is 4.90 Å². The van der Waals surface area contributed by atoms with Crippen molar-refractivity contribution in [3.8, 4) is 23.0 Å². The average molecular weight is 531 g/mol. The van der Waals surface area contributed by atoms with Crippen molar-refractivity contribution >= 4 is 23.1 Å². The van der Waals surface area contributed by atoms with Gasteiger partial charge in [-0.15, -0.1) is 0 Å². The van der Waals surface area contributed by atoms with Crippen LogP contribution in [0.3, 0.4) is 0 Å². The zero-order valence-corrected chi connectivity index (χ0v) is 22.0. The van der Waals surface area contributed by atoms with Gasteiger partial charge in [0.1, 0.15) is 42.0 Å². The van der Waals surface area contributed by atoms with E-state index in [1.807, 2.05) is 11.9 Å². The van der Waals surface area contributed by atoms with Gasteiger partial charge in [-0.05, 0) is 60.2 Å². The van der Waals surface area contributed by atoms with E-state index in [4.69, 9.17) is 18.9 Å². The highest BCUT2D eigenvalue weighted by atomic mass is 16.5. The zero-order chi connectivity index (χ0) is 27.5. The van der Waals surface area contributed by atoms with Crippen LogP contribution < -0.4 is 23.8 Å². The van der Waals surface area contributed by atoms with Crippen LogP contribution in [0.4, 0.5) is 5.69 Å². The summed E-state index contributed by atoms with van der Waals surface area (Å²) in [6.07, 6.45) is 0. The third-order valence-electron chi connectivity index (χ3n) is 6.96. The molecule has 5 rings (SSSR count). The molecule has 39 heavy (non-hydrogen) atoms. The lowest BCUT2D eigenvalue weighted by atomic mass is 9.95. The number of hydrogen-bond acceptors (Lipinski definition) is 8. The van der Waals surface area contributed by atoms with Crippen LogP contribution in [0.5, 0.6) is 23.0 Å². The number of Topliss-reactive ketones (excluding diaryl/α,β-unsaturated/α-hetero) is 1. The highest BCUT2D eigenvalue weighted by Crippen LogP contribution is 2.41. The Morgan fingerprint density at radius 1 is 0.949 bits per heavy atom. The minimum absolute atomic E-state index is 0.0222. The molecule has 1 atom stereocenters. The summed E-state index contributed by atoms with van der Waals surface area (Å²) in [6, 6.07) is 18.6. The summed E-state index contributed by atoms with van der Waals surface area (Å²) in [5, 5.41) is 11.5. The third-order valence-corrected chi connectivity index (χ3v) is 6.96. The Morgan fingerprint density at radius 3 is 2.26 bits per heavy atom. The summed E-state index contributed by atoms with van der Waals surface area (Å²) in [4.78, 5) is 30.1. The predicted molar refractivity (Wildman–Crippen MR) is 146 cm³/mol. The van der Waals surface area contributed by atoms with Crippen LogP contribution in [-0.2, 0) is 9.59 Å². The highest BCUT2D eigenvalue weighted by molar-refractivity contribution is 6.46. The molecule has 0 aliphatic carbocycles. The van der Waals surface area contributed by atoms with Crippen molar-refractivity contribution in [3.63, 3.8) is 0 Å². The minimum atomic E-state index is -0.805. The minimum Gasteiger partial charge on any atom is -0.507 e. The molecule has 9 nitrogen and oxygen atoms in total. The van der Waals surface area contributed by atoms with Gasteiger partial charge in [-0.3, -0.25) is 9.59 Å². The fourth-order valence-corrected chi connectivity index (χ4v) is 4.83. The standard InChI is InChI=1S/C30H30N2O7/c1-31-14-16-39-25-13-6-20(18-24(25)31)28(33)26-27(19-4-7-21(36-2)8-5-19)32(30(35)29(26)34)15-17-38-23-11-9-22(37-3)10-12-23/h4-13,18,27,33H,14-17H2,1-3H3/b28-26-. The molecule has 202 valence electrons. The number of anilines is 1. The van der Waals surface area contributed by atoms with Gasteiger partial charge in [-0.2, -0.15) is 0 Å². The molecule has 1 fully saturated rings. The number of fused-ring (bicyclic) bond motifs is 1. The number of carbonyl (C=O) groups is 2. The van der Waals surface area contributed by atoms with Crippen LogP contribution in [0, 0.1) is 0 Å². The SMILES string of the molecule is COc1ccc(OCCN2C(=O)C(=O)/C(=C(\O)c3ccc4c(c3)N(C)CCO4)C2c2ccc(OC)cc2)cc1. The molecular formula is C30H30N2O7. The summed E-state index contributed by atoms with van der Waals surface area (Å²) in [6.45, 7) is 1.54. The van der Waals surface area contributed by atoms with Gasteiger partial charge in [0.2, 0.25) is 0 Å². The number of rotatable bonds is 8. The van der Waals surface area contributed by atoms with Gasteiger partial charge >= 0.3 is 0 Å². The molecule has 9 heteroatoms. The van der Waals surface area contributed by atoms with Crippen molar-refractivity contribution in [2.75, 3.05) is 52.5 Å². The Bertz CT molecular complexity index is 1400. The highest BCUT2D eigenvalue weighted by Gasteiger charge is 2.46. The predicted octanol–water partition coefficient (Wildman–Crippen LogP) is 4.03. The van der Waals surface area contributed by atoms with Crippen LogP contribution in [0.2, 0.25) is 0 Å². The first-order chi connectivity index (χ1) is 18.9. The molecule has 1 amide bonds. The molecule has 1 N–H and O–H groups in total. The van der Waals surface area contributed by atoms with Crippen LogP contribution in [-0.4, -0.2) is 69.3 Å². The number of methoxy groups -OCH3 is 2. The van der Waals surface area contributed by atoms with E-state index in [0.717, 1.165) is 5.69 Å². The van der Waals surface area contributed by atoms with Gasteiger partial charge in [0.25, 0.3) is 11.7 Å². The van der Waals surface area contributed by atoms with E-state index in [0.29, 0.717) is 47.3 Å². The van der Waals surface area contributed by atoms with Crippen LogP contribution in [0.25, 0.3) is 5.76 Å². The van der Waals surface area contributed by atoms with E-state index in [9.17, 15) is 14.7 Å². The maximum Gasteiger partial charge on any atom is 0.295 e. The number of likely N-dealkylation sites (N-methyl/N-ethyl adjacent to an activating group) is 1. The summed E-state index contributed by atoms with van der Waals surface area (Å²) < 4.78 is 22.0. The fraction of sp³-hybridized carbons (Fsp3) is 0.267. The molecule has 2 aliphatic heterocycles. The second-order valence-corrected chi connectivity index (χ2v) is 9.24. The van der Waals surface area contributed by atoms with Crippen molar-refractivity contribution < 1.29 is 33.6 Å². The van der Waals surface area contributed by atoms with Crippen molar-refractivity contribution in [2.45, 2.75) is 6.04 Å². The lowest BCUT2D eigenvalue weighted by Gasteiger charge is -2.28. The van der Waals surface area contributed by atoms with Gasteiger partial charge in [0.15, 0.2) is 0 Å². The Kier molecular flexibility index (Phi) is 7.31. The van der Waals surface area contributed by atoms with Crippen LogP contribution in [0.1, 0.15) is 17.2 Å². The normalized spacial score (nSPS) is 18.0. The lowest BCUT2D eigenvalue weighted by Crippen LogP contribution is -2.33. The number of ketones is 1. The lowest BCUT2D eigenvalue weighted by molar-refractivity contribution is -0.140. The zero-order valence-electron chi connectivity index (χ0n) is 22.0. The first-order valence-electron chi connectivity index (χ1n) is 12.6. The van der Waals surface area contributed by atoms with Crippen LogP contribution >= 0.6 is 0 Å². The monoisotopic (exact) mass is 530 g/mol. The molecule has 0 saturated carbocycles. The average Bonchev–Trinajstić information content (AvgIpc) is 3.22. The number of hydrogen-bond donors (Lipinski definition) is 1. The smallest absolute Gasteiger partial charge is 0.295 e. The van der Waals surface area contributed by atoms with Gasteiger partial charge in [0, 0.05) is 12.6 Å². The number of aliphatic hydroxyl groups is 1. The van der Waals surface area contributed by atoms with Gasteiger partial charge < -0.3 is 33.9 Å². The molecule has 3 aromatic carbocycles. The first-order valence-corrected chi connectivity index (χ1v) is 12.6. The molecule has 3 aromatic rings. The molecule has 2 heterocycles. The molecule has 1 saturated heterocycles. The molecule has 0 aromatic heterocycles. The maximum atomic E-state index is 13.4. The Morgan fingerprint density at radius 2 is 1.59 bits per heavy atom. The molecule has 2 aliphatic rings. The number of amides is 1. The fourth-order valence-electron chi connectivity index (χ4n) is 4.83. The number of benzene rings is 3. The molecular weight excluding hydrogens is 500 g/mol. The molecule has 0 spiro atoms. The van der Waals surface area contributed by atoms with E-state index in [1.165, 1.54) is 4.90 Å². The number of likely N-dealkylation sites (tertiary alicyclic amines) is 1. The summed E-state index contributed by atoms with van der Waals surface area (Å²) in [5.41, 5.74) is 1.92. The Balaban J connectivity index is 1.49. The molecule has 0 bridgehead atoms. The number of ether oxygens (including phenoxy) is 4. The quantitative estimate of drug-likeness (QED) is 0.265. The number of carbonyl (C=O) groups excluding carboxylic acids is 2. The Labute approximate surface area is 226 Å². The summed E-state index contributed by atoms with van der Waals surface area (Å²) in [5.74, 6) is 0.948. The topological polar surface area (TPSA) is 97.8 Å². The van der Waals surface area contributed by atoms with Crippen molar-refractivity contribution in [3.05, 3.63) is 83.4 Å². The maximum absolute atomic E-state index is 13.4. The van der Waals surface area contributed by atoms with Gasteiger partial charge in [0.05, 0.1) is 44.6 Å². The van der Waals surface area contributed by atoms with Crippen LogP contribution in [0.15, 0.2) is 72.3 Å². The number of aliphatic hydroxyl groups excluding tert-OH is 1. The Hall–Kier alpha value is -4.66. The van der Waals surface area contributed by atoms with E-state index >= 15 is 0 Å². The van der Waals surface area contributed by atoms with E-state index < -0.39 is 17.7 Å². The van der Waals surface area contributed by atoms with E-state index in [2.05, 4.69) is 0 Å². The van der Waals surface area contributed by atoms with Gasteiger partial charge in [-0.25, -0.2) is 0 Å². The van der Waals surface area contributed by atoms with E-state index in [-0.39, 0.29) is 24.5 Å². The summed E-state index contributed by atoms with van der Waals surface area (Å²) >= 11 is 0. The largest absolute Gasteiger partial charge is 0.507 e. The van der Waals surface area contributed by atoms with E-state index in [1.54, 1.807) is 80.9 Å². The third kappa shape index (κ3) is 5.07. The summed E-state index contributed by atoms with van der Waals surface area (Å²) in [7, 11) is 5.08. The molecule has 0 radical (unpaired) electrons. The second kappa shape index (κ2) is 11.0.